The van der Waals surface area contributed by atoms with Crippen LogP contribution in [0, 0.1) is 6.92 Å². The molecule has 0 aliphatic carbocycles. The highest BCUT2D eigenvalue weighted by Crippen LogP contribution is 2.09. The molecule has 56 valence electrons. The molecule has 0 amide bonds. The predicted molar refractivity (Wildman–Crippen MR) is 37.1 cm³/mol. The van der Waals surface area contributed by atoms with E-state index in [4.69, 9.17) is 5.73 Å². The molecule has 10 heavy (non-hydrogen) atoms. The number of aryl methyl sites for hydroxylation is 1. The normalized spacial score (nSPS) is 16.8. The molecule has 1 atom stereocenters. The molecular weight excluding hydrogens is 130 g/mol. The van der Waals surface area contributed by atoms with Gasteiger partial charge in [-0.2, -0.15) is 0 Å². The number of hydrogen-bond acceptors (Lipinski definition) is 3. The zero-order valence-electron chi connectivity index (χ0n) is 6.05. The predicted octanol–water partition coefficient (Wildman–Crippen LogP) is -0.158. The molecule has 0 aromatic carbocycles. The van der Waals surface area contributed by atoms with Crippen molar-refractivity contribution in [3.05, 3.63) is 17.7 Å². The zero-order chi connectivity index (χ0) is 7.78. The first-order valence-electron chi connectivity index (χ1n) is 3.03. The van der Waals surface area contributed by atoms with Gasteiger partial charge in [0, 0.05) is 0 Å². The SMILES string of the molecule is Cc1ncc(C(C)(N)O)[nH]1. The quantitative estimate of drug-likeness (QED) is 0.476. The lowest BCUT2D eigenvalue weighted by Crippen LogP contribution is -2.32. The van der Waals surface area contributed by atoms with Crippen LogP contribution in [0.3, 0.4) is 0 Å². The van der Waals surface area contributed by atoms with Gasteiger partial charge < -0.3 is 10.1 Å². The number of nitrogens with zero attached hydrogens (tertiary/aromatic N) is 1. The number of nitrogens with one attached hydrogen (secondary N) is 1. The number of rotatable bonds is 1. The monoisotopic (exact) mass is 141 g/mol. The Bertz CT molecular complexity index is 223. The molecule has 0 spiro atoms. The van der Waals surface area contributed by atoms with Gasteiger partial charge in [-0.05, 0) is 13.8 Å². The maximum absolute atomic E-state index is 9.21. The number of imidazole rings is 1. The fourth-order valence-electron chi connectivity index (χ4n) is 0.678. The second kappa shape index (κ2) is 2.07. The van der Waals surface area contributed by atoms with Crippen LogP contribution in [0.2, 0.25) is 0 Å². The van der Waals surface area contributed by atoms with Crippen molar-refractivity contribution in [3.8, 4) is 0 Å². The minimum absolute atomic E-state index is 0.532. The van der Waals surface area contributed by atoms with E-state index in [2.05, 4.69) is 9.97 Å². The first-order valence-corrected chi connectivity index (χ1v) is 3.03. The number of H-pyrrole nitrogens is 1. The minimum Gasteiger partial charge on any atom is -0.370 e. The molecule has 1 rings (SSSR count). The molecule has 1 aromatic heterocycles. The summed E-state index contributed by atoms with van der Waals surface area (Å²) in [5.74, 6) is 0.751. The van der Waals surface area contributed by atoms with Crippen molar-refractivity contribution >= 4 is 0 Å². The smallest absolute Gasteiger partial charge is 0.153 e. The summed E-state index contributed by atoms with van der Waals surface area (Å²) in [5, 5.41) is 9.21. The van der Waals surface area contributed by atoms with Crippen LogP contribution in [0.5, 0.6) is 0 Å². The lowest BCUT2D eigenvalue weighted by Gasteiger charge is -2.13. The van der Waals surface area contributed by atoms with Crippen LogP contribution in [-0.2, 0) is 5.72 Å². The van der Waals surface area contributed by atoms with Crippen LogP contribution in [0.4, 0.5) is 0 Å². The van der Waals surface area contributed by atoms with Gasteiger partial charge in [0.25, 0.3) is 0 Å². The topological polar surface area (TPSA) is 74.9 Å². The highest BCUT2D eigenvalue weighted by Gasteiger charge is 2.17. The molecule has 0 saturated carbocycles. The summed E-state index contributed by atoms with van der Waals surface area (Å²) in [7, 11) is 0. The van der Waals surface area contributed by atoms with Crippen molar-refractivity contribution in [2.75, 3.05) is 0 Å². The maximum atomic E-state index is 9.21. The first-order chi connectivity index (χ1) is 4.50. The van der Waals surface area contributed by atoms with Crippen LogP contribution in [0.25, 0.3) is 0 Å². The van der Waals surface area contributed by atoms with Gasteiger partial charge in [-0.15, -0.1) is 0 Å². The molecule has 0 aliphatic heterocycles. The standard InChI is InChI=1S/C6H11N3O/c1-4-8-3-5(9-4)6(2,7)10/h3,10H,7H2,1-2H3,(H,8,9). The second-order valence-corrected chi connectivity index (χ2v) is 2.53. The van der Waals surface area contributed by atoms with Gasteiger partial charge in [0.15, 0.2) is 5.72 Å². The summed E-state index contributed by atoms with van der Waals surface area (Å²) in [6.07, 6.45) is 1.52. The van der Waals surface area contributed by atoms with Crippen LogP contribution in [0.15, 0.2) is 6.20 Å². The largest absolute Gasteiger partial charge is 0.370 e. The van der Waals surface area contributed by atoms with Gasteiger partial charge in [-0.3, -0.25) is 5.73 Å². The number of aromatic nitrogens is 2. The van der Waals surface area contributed by atoms with E-state index >= 15 is 0 Å². The molecule has 1 heterocycles. The van der Waals surface area contributed by atoms with Gasteiger partial charge in [-0.1, -0.05) is 0 Å². The van der Waals surface area contributed by atoms with Crippen LogP contribution in [-0.4, -0.2) is 15.1 Å². The number of aliphatic hydroxyl groups is 1. The number of aromatic amines is 1. The maximum Gasteiger partial charge on any atom is 0.153 e. The van der Waals surface area contributed by atoms with Crippen molar-refractivity contribution in [1.82, 2.24) is 9.97 Å². The van der Waals surface area contributed by atoms with E-state index in [1.807, 2.05) is 0 Å². The van der Waals surface area contributed by atoms with Gasteiger partial charge in [-0.25, -0.2) is 4.98 Å². The summed E-state index contributed by atoms with van der Waals surface area (Å²) >= 11 is 0. The molecule has 4 heteroatoms. The third-order valence-electron chi connectivity index (χ3n) is 1.25. The van der Waals surface area contributed by atoms with E-state index in [-0.39, 0.29) is 0 Å². The van der Waals surface area contributed by atoms with Crippen molar-refractivity contribution < 1.29 is 5.11 Å². The van der Waals surface area contributed by atoms with E-state index in [0.29, 0.717) is 5.69 Å². The first kappa shape index (κ1) is 7.24. The third-order valence-corrected chi connectivity index (χ3v) is 1.25. The molecule has 4 nitrogen and oxygen atoms in total. The fourth-order valence-corrected chi connectivity index (χ4v) is 0.678. The molecule has 1 aromatic rings. The van der Waals surface area contributed by atoms with E-state index in [1.54, 1.807) is 6.92 Å². The minimum atomic E-state index is -1.30. The summed E-state index contributed by atoms with van der Waals surface area (Å²) in [6.45, 7) is 3.30. The Balaban J connectivity index is 2.96. The highest BCUT2D eigenvalue weighted by molar-refractivity contribution is 5.06. The molecule has 0 bridgehead atoms. The summed E-state index contributed by atoms with van der Waals surface area (Å²) in [4.78, 5) is 6.72. The lowest BCUT2D eigenvalue weighted by atomic mass is 10.2. The summed E-state index contributed by atoms with van der Waals surface area (Å²) in [6, 6.07) is 0. The fraction of sp³-hybridized carbons (Fsp3) is 0.500. The Morgan fingerprint density at radius 2 is 2.40 bits per heavy atom. The number of hydrogen-bond donors (Lipinski definition) is 3. The Morgan fingerprint density at radius 3 is 2.60 bits per heavy atom. The molecule has 0 radical (unpaired) electrons. The second-order valence-electron chi connectivity index (χ2n) is 2.53. The van der Waals surface area contributed by atoms with E-state index in [0.717, 1.165) is 5.82 Å². The molecule has 0 fully saturated rings. The van der Waals surface area contributed by atoms with E-state index in [9.17, 15) is 5.11 Å². The molecule has 4 N–H and O–H groups in total. The molecule has 1 unspecified atom stereocenters. The van der Waals surface area contributed by atoms with Crippen LogP contribution < -0.4 is 5.73 Å². The van der Waals surface area contributed by atoms with Crippen molar-refractivity contribution in [2.45, 2.75) is 19.6 Å². The Kier molecular flexibility index (Phi) is 1.50. The highest BCUT2D eigenvalue weighted by atomic mass is 16.3. The van der Waals surface area contributed by atoms with Crippen molar-refractivity contribution in [1.29, 1.82) is 0 Å². The van der Waals surface area contributed by atoms with Crippen LogP contribution in [0.1, 0.15) is 18.4 Å². The Morgan fingerprint density at radius 1 is 1.80 bits per heavy atom. The Hall–Kier alpha value is -0.870. The summed E-state index contributed by atoms with van der Waals surface area (Å²) < 4.78 is 0. The lowest BCUT2D eigenvalue weighted by molar-refractivity contribution is 0.0604. The van der Waals surface area contributed by atoms with Crippen molar-refractivity contribution in [3.63, 3.8) is 0 Å². The molecule has 0 aliphatic rings. The summed E-state index contributed by atoms with van der Waals surface area (Å²) in [5.41, 5.74) is 4.58. The average molecular weight is 141 g/mol. The zero-order valence-corrected chi connectivity index (χ0v) is 6.05. The molecule has 0 saturated heterocycles. The van der Waals surface area contributed by atoms with Gasteiger partial charge in [0.05, 0.1) is 11.9 Å². The van der Waals surface area contributed by atoms with Crippen LogP contribution >= 0.6 is 0 Å². The van der Waals surface area contributed by atoms with E-state index < -0.39 is 5.72 Å². The average Bonchev–Trinajstić information content (AvgIpc) is 2.11. The number of nitrogens with two attached hydrogens (primary N) is 1. The van der Waals surface area contributed by atoms with Gasteiger partial charge >= 0.3 is 0 Å². The third kappa shape index (κ3) is 1.34. The van der Waals surface area contributed by atoms with E-state index in [1.165, 1.54) is 13.1 Å². The van der Waals surface area contributed by atoms with Gasteiger partial charge in [0.2, 0.25) is 0 Å². The van der Waals surface area contributed by atoms with Crippen molar-refractivity contribution in [2.24, 2.45) is 5.73 Å². The molecular formula is C6H11N3O. The van der Waals surface area contributed by atoms with Gasteiger partial charge in [0.1, 0.15) is 5.82 Å². The Labute approximate surface area is 59.1 Å².